The van der Waals surface area contributed by atoms with Crippen LogP contribution in [0.15, 0.2) is 30.3 Å². The van der Waals surface area contributed by atoms with Gasteiger partial charge < -0.3 is 9.47 Å². The van der Waals surface area contributed by atoms with E-state index in [-0.39, 0.29) is 18.4 Å². The van der Waals surface area contributed by atoms with E-state index in [1.807, 2.05) is 51.1 Å². The van der Waals surface area contributed by atoms with E-state index in [1.165, 1.54) is 4.90 Å². The Morgan fingerprint density at radius 1 is 1.27 bits per heavy atom. The predicted molar refractivity (Wildman–Crippen MR) is 82.5 cm³/mol. The second-order valence-corrected chi connectivity index (χ2v) is 6.51. The van der Waals surface area contributed by atoms with Gasteiger partial charge in [-0.25, -0.2) is 4.79 Å². The fourth-order valence-corrected chi connectivity index (χ4v) is 2.33. The normalized spacial score (nSPS) is 18.6. The van der Waals surface area contributed by atoms with Gasteiger partial charge in [-0.3, -0.25) is 9.69 Å². The molecule has 1 heterocycles. The van der Waals surface area contributed by atoms with E-state index >= 15 is 0 Å². The van der Waals surface area contributed by atoms with Gasteiger partial charge in [-0.05, 0) is 26.3 Å². The van der Waals surface area contributed by atoms with Crippen molar-refractivity contribution < 1.29 is 19.1 Å². The fourth-order valence-electron chi connectivity index (χ4n) is 2.33. The maximum atomic E-state index is 12.1. The Balaban J connectivity index is 1.88. The fraction of sp³-hybridized carbons (Fsp3) is 0.529. The zero-order chi connectivity index (χ0) is 16.2. The van der Waals surface area contributed by atoms with E-state index in [0.717, 1.165) is 5.56 Å². The van der Waals surface area contributed by atoms with Crippen LogP contribution in [0.25, 0.3) is 0 Å². The van der Waals surface area contributed by atoms with Gasteiger partial charge in [0.2, 0.25) is 0 Å². The van der Waals surface area contributed by atoms with Crippen molar-refractivity contribution in [3.05, 3.63) is 35.9 Å². The molecule has 1 unspecified atom stereocenters. The van der Waals surface area contributed by atoms with E-state index < -0.39 is 11.7 Å². The zero-order valence-electron chi connectivity index (χ0n) is 13.4. The molecule has 1 fully saturated rings. The number of amides is 1. The molecule has 1 amide bonds. The Bertz CT molecular complexity index is 521. The lowest BCUT2D eigenvalue weighted by atomic mass is 10.2. The second-order valence-electron chi connectivity index (χ2n) is 6.51. The molecule has 1 atom stereocenters. The first-order valence-corrected chi connectivity index (χ1v) is 7.48. The molecule has 0 aromatic heterocycles. The van der Waals surface area contributed by atoms with E-state index in [0.29, 0.717) is 19.6 Å². The average molecular weight is 305 g/mol. The lowest BCUT2D eigenvalue weighted by Crippen LogP contribution is -2.41. The summed E-state index contributed by atoms with van der Waals surface area (Å²) in [6.45, 7) is 6.33. The molecule has 22 heavy (non-hydrogen) atoms. The van der Waals surface area contributed by atoms with Gasteiger partial charge in [-0.1, -0.05) is 30.3 Å². The number of ketones is 1. The zero-order valence-corrected chi connectivity index (χ0v) is 13.4. The molecule has 5 nitrogen and oxygen atoms in total. The summed E-state index contributed by atoms with van der Waals surface area (Å²) in [5, 5.41) is 0. The van der Waals surface area contributed by atoms with Gasteiger partial charge in [0, 0.05) is 6.42 Å². The second kappa shape index (κ2) is 6.92. The van der Waals surface area contributed by atoms with Gasteiger partial charge in [0.15, 0.2) is 5.78 Å². The number of benzene rings is 1. The molecule has 0 bridgehead atoms. The molecule has 1 aliphatic rings. The number of likely N-dealkylation sites (tertiary alicyclic amines) is 1. The van der Waals surface area contributed by atoms with E-state index in [9.17, 15) is 9.59 Å². The summed E-state index contributed by atoms with van der Waals surface area (Å²) in [4.78, 5) is 25.3. The maximum Gasteiger partial charge on any atom is 0.411 e. The molecule has 0 radical (unpaired) electrons. The van der Waals surface area contributed by atoms with Crippen molar-refractivity contribution in [3.63, 3.8) is 0 Å². The summed E-state index contributed by atoms with van der Waals surface area (Å²) in [7, 11) is 0. The number of carbonyl (C=O) groups excluding carboxylic acids is 2. The van der Waals surface area contributed by atoms with Crippen LogP contribution in [-0.2, 0) is 20.9 Å². The maximum absolute atomic E-state index is 12.1. The summed E-state index contributed by atoms with van der Waals surface area (Å²) in [6, 6.07) is 9.56. The highest BCUT2D eigenvalue weighted by molar-refractivity contribution is 5.88. The average Bonchev–Trinajstić information content (AvgIpc) is 2.79. The largest absolute Gasteiger partial charge is 0.444 e. The molecule has 2 rings (SSSR count). The third kappa shape index (κ3) is 4.84. The van der Waals surface area contributed by atoms with Crippen LogP contribution in [-0.4, -0.2) is 41.6 Å². The minimum atomic E-state index is -0.571. The summed E-state index contributed by atoms with van der Waals surface area (Å²) in [5.74, 6) is 0.0409. The highest BCUT2D eigenvalue weighted by Crippen LogP contribution is 2.19. The van der Waals surface area contributed by atoms with Crippen molar-refractivity contribution in [3.8, 4) is 0 Å². The van der Waals surface area contributed by atoms with Crippen LogP contribution in [0.3, 0.4) is 0 Å². The molecular weight excluding hydrogens is 282 g/mol. The molecule has 1 aliphatic heterocycles. The summed E-state index contributed by atoms with van der Waals surface area (Å²) < 4.78 is 11.0. The van der Waals surface area contributed by atoms with Gasteiger partial charge in [0.25, 0.3) is 0 Å². The standard InChI is InChI=1S/C17H23NO4/c1-17(2,3)22-16(20)18-10-15(19)9-14(18)12-21-11-13-7-5-4-6-8-13/h4-8,14H,9-12H2,1-3H3. The number of rotatable bonds is 4. The summed E-state index contributed by atoms with van der Waals surface area (Å²) in [5.41, 5.74) is 0.494. The number of Topliss-reactive ketones (excluding diaryl/α,β-unsaturated/α-hetero) is 1. The van der Waals surface area contributed by atoms with Gasteiger partial charge in [-0.15, -0.1) is 0 Å². The molecule has 0 aliphatic carbocycles. The van der Waals surface area contributed by atoms with Crippen LogP contribution in [0.2, 0.25) is 0 Å². The minimum absolute atomic E-state index is 0.0409. The molecule has 0 spiro atoms. The topological polar surface area (TPSA) is 55.8 Å². The quantitative estimate of drug-likeness (QED) is 0.858. The smallest absolute Gasteiger partial charge is 0.411 e. The molecule has 0 N–H and O–H groups in total. The van der Waals surface area contributed by atoms with Crippen molar-refractivity contribution in [2.45, 2.75) is 45.4 Å². The SMILES string of the molecule is CC(C)(C)OC(=O)N1CC(=O)CC1COCc1ccccc1. The first-order valence-electron chi connectivity index (χ1n) is 7.48. The van der Waals surface area contributed by atoms with Crippen LogP contribution in [0, 0.1) is 0 Å². The number of hydrogen-bond donors (Lipinski definition) is 0. The van der Waals surface area contributed by atoms with Gasteiger partial charge >= 0.3 is 6.09 Å². The highest BCUT2D eigenvalue weighted by atomic mass is 16.6. The summed E-state index contributed by atoms with van der Waals surface area (Å²) in [6.07, 6.45) is -0.125. The highest BCUT2D eigenvalue weighted by Gasteiger charge is 2.36. The van der Waals surface area contributed by atoms with Crippen LogP contribution in [0.4, 0.5) is 4.79 Å². The van der Waals surface area contributed by atoms with Gasteiger partial charge in [0.05, 0.1) is 25.8 Å². The van der Waals surface area contributed by atoms with Crippen LogP contribution >= 0.6 is 0 Å². The monoisotopic (exact) mass is 305 g/mol. The third-order valence-electron chi connectivity index (χ3n) is 3.30. The van der Waals surface area contributed by atoms with Crippen molar-refractivity contribution in [2.75, 3.05) is 13.2 Å². The van der Waals surface area contributed by atoms with Crippen LogP contribution in [0.1, 0.15) is 32.8 Å². The number of hydrogen-bond acceptors (Lipinski definition) is 4. The van der Waals surface area contributed by atoms with E-state index in [2.05, 4.69) is 0 Å². The molecule has 0 saturated carbocycles. The number of carbonyl (C=O) groups is 2. The van der Waals surface area contributed by atoms with Crippen molar-refractivity contribution in [1.82, 2.24) is 4.90 Å². The Morgan fingerprint density at radius 2 is 1.95 bits per heavy atom. The Morgan fingerprint density at radius 3 is 2.59 bits per heavy atom. The Labute approximate surface area is 131 Å². The lowest BCUT2D eigenvalue weighted by molar-refractivity contribution is -0.117. The number of ether oxygens (including phenoxy) is 2. The Hall–Kier alpha value is -1.88. The van der Waals surface area contributed by atoms with Crippen LogP contribution in [0.5, 0.6) is 0 Å². The first kappa shape index (κ1) is 16.5. The first-order chi connectivity index (χ1) is 10.3. The van der Waals surface area contributed by atoms with E-state index in [4.69, 9.17) is 9.47 Å². The third-order valence-corrected chi connectivity index (χ3v) is 3.30. The Kier molecular flexibility index (Phi) is 5.19. The predicted octanol–water partition coefficient (Wildman–Crippen LogP) is 2.78. The van der Waals surface area contributed by atoms with Crippen LogP contribution < -0.4 is 0 Å². The minimum Gasteiger partial charge on any atom is -0.444 e. The van der Waals surface area contributed by atoms with Gasteiger partial charge in [-0.2, -0.15) is 0 Å². The summed E-state index contributed by atoms with van der Waals surface area (Å²) >= 11 is 0. The van der Waals surface area contributed by atoms with Crippen molar-refractivity contribution in [2.24, 2.45) is 0 Å². The number of nitrogens with zero attached hydrogens (tertiary/aromatic N) is 1. The van der Waals surface area contributed by atoms with Crippen molar-refractivity contribution in [1.29, 1.82) is 0 Å². The molecule has 1 aromatic rings. The van der Waals surface area contributed by atoms with Crippen molar-refractivity contribution >= 4 is 11.9 Å². The van der Waals surface area contributed by atoms with Gasteiger partial charge in [0.1, 0.15) is 5.60 Å². The molecule has 120 valence electrons. The molecular formula is C17H23NO4. The van der Waals surface area contributed by atoms with E-state index in [1.54, 1.807) is 0 Å². The molecule has 1 saturated heterocycles. The molecule has 5 heteroatoms. The lowest BCUT2D eigenvalue weighted by Gasteiger charge is -2.27. The molecule has 1 aromatic carbocycles.